The molecule has 8 heteroatoms. The third-order valence-electron chi connectivity index (χ3n) is 1.92. The number of pyridine rings is 1. The number of halogens is 2. The van der Waals surface area contributed by atoms with Gasteiger partial charge in [-0.25, -0.2) is 13.8 Å². The minimum Gasteiger partial charge on any atom is -0.490 e. The van der Waals surface area contributed by atoms with Crippen LogP contribution in [-0.4, -0.2) is 17.0 Å². The third kappa shape index (κ3) is 2.63. The topological polar surface area (TPSA) is 89.0 Å². The molecule has 0 saturated carbocycles. The van der Waals surface area contributed by atoms with Crippen LogP contribution in [0.5, 0.6) is 5.75 Å². The molecule has 0 atom stereocenters. The molecule has 1 rings (SSSR count). The molecular weight excluding hydrogens is 236 g/mol. The Labute approximate surface area is 94.6 Å². The number of nitrogens with zero attached hydrogens (tertiary/aromatic N) is 3. The van der Waals surface area contributed by atoms with Gasteiger partial charge in [-0.15, -0.1) is 0 Å². The van der Waals surface area contributed by atoms with E-state index in [-0.39, 0.29) is 11.4 Å². The molecule has 0 amide bonds. The first-order valence-corrected chi connectivity index (χ1v) is 4.38. The van der Waals surface area contributed by atoms with Gasteiger partial charge in [-0.3, -0.25) is 10.1 Å². The van der Waals surface area contributed by atoms with Crippen LogP contribution in [0.15, 0.2) is 6.07 Å². The van der Waals surface area contributed by atoms with Gasteiger partial charge in [-0.1, -0.05) is 0 Å². The third-order valence-corrected chi connectivity index (χ3v) is 1.92. The maximum atomic E-state index is 12.5. The van der Waals surface area contributed by atoms with Crippen LogP contribution in [0, 0.1) is 21.4 Å². The second-order valence-electron chi connectivity index (χ2n) is 2.94. The standard InChI is InChI=1S/C9H7F2N3O3/c1-17-7-4-6(9(10)11)13-5(2-3-12)8(7)14(15)16/h4,9H,2H2,1H3. The highest BCUT2D eigenvalue weighted by Gasteiger charge is 2.25. The maximum Gasteiger partial charge on any atom is 0.333 e. The van der Waals surface area contributed by atoms with Gasteiger partial charge < -0.3 is 4.74 Å². The van der Waals surface area contributed by atoms with Crippen LogP contribution in [0.2, 0.25) is 0 Å². The molecule has 0 aromatic carbocycles. The molecule has 0 bridgehead atoms. The van der Waals surface area contributed by atoms with Crippen LogP contribution in [-0.2, 0) is 6.42 Å². The number of hydrogen-bond acceptors (Lipinski definition) is 5. The molecule has 90 valence electrons. The first kappa shape index (κ1) is 12.8. The molecule has 1 heterocycles. The average molecular weight is 243 g/mol. The lowest BCUT2D eigenvalue weighted by Crippen LogP contribution is -2.04. The zero-order chi connectivity index (χ0) is 13.0. The summed E-state index contributed by atoms with van der Waals surface area (Å²) in [6, 6.07) is 2.42. The van der Waals surface area contributed by atoms with Crippen molar-refractivity contribution < 1.29 is 18.4 Å². The Bertz CT molecular complexity index is 485. The summed E-state index contributed by atoms with van der Waals surface area (Å²) in [6.07, 6.45) is -3.32. The Balaban J connectivity index is 3.46. The van der Waals surface area contributed by atoms with E-state index in [2.05, 4.69) is 9.72 Å². The molecule has 0 aliphatic carbocycles. The number of aromatic nitrogens is 1. The van der Waals surface area contributed by atoms with Crippen molar-refractivity contribution in [1.29, 1.82) is 5.26 Å². The second kappa shape index (κ2) is 5.16. The highest BCUT2D eigenvalue weighted by Crippen LogP contribution is 2.33. The van der Waals surface area contributed by atoms with E-state index in [1.807, 2.05) is 0 Å². The Kier molecular flexibility index (Phi) is 3.87. The molecule has 1 aromatic heterocycles. The molecule has 1 aromatic rings. The summed E-state index contributed by atoms with van der Waals surface area (Å²) < 4.78 is 29.6. The SMILES string of the molecule is COc1cc(C(F)F)nc(CC#N)c1[N+](=O)[O-]. The molecular formula is C9H7F2N3O3. The first-order chi connectivity index (χ1) is 8.01. The van der Waals surface area contributed by atoms with E-state index in [4.69, 9.17) is 5.26 Å². The van der Waals surface area contributed by atoms with Crippen molar-refractivity contribution >= 4 is 5.69 Å². The minimum absolute atomic E-state index is 0.327. The van der Waals surface area contributed by atoms with Gasteiger partial charge in [0.2, 0.25) is 5.75 Å². The van der Waals surface area contributed by atoms with Crippen LogP contribution >= 0.6 is 0 Å². The predicted molar refractivity (Wildman–Crippen MR) is 51.7 cm³/mol. The van der Waals surface area contributed by atoms with Gasteiger partial charge in [0, 0.05) is 6.07 Å². The van der Waals surface area contributed by atoms with Crippen molar-refractivity contribution in [2.45, 2.75) is 12.8 Å². The van der Waals surface area contributed by atoms with Gasteiger partial charge in [0.25, 0.3) is 6.43 Å². The van der Waals surface area contributed by atoms with E-state index in [9.17, 15) is 18.9 Å². The normalized spacial score (nSPS) is 10.1. The van der Waals surface area contributed by atoms with Gasteiger partial charge >= 0.3 is 5.69 Å². The zero-order valence-corrected chi connectivity index (χ0v) is 8.68. The molecule has 6 nitrogen and oxygen atoms in total. The largest absolute Gasteiger partial charge is 0.490 e. The van der Waals surface area contributed by atoms with E-state index >= 15 is 0 Å². The zero-order valence-electron chi connectivity index (χ0n) is 8.68. The Hall–Kier alpha value is -2.30. The summed E-state index contributed by atoms with van der Waals surface area (Å²) in [5, 5.41) is 19.2. The summed E-state index contributed by atoms with van der Waals surface area (Å²) in [5.41, 5.74) is -1.54. The Morgan fingerprint density at radius 3 is 2.76 bits per heavy atom. The maximum absolute atomic E-state index is 12.5. The Morgan fingerprint density at radius 1 is 1.71 bits per heavy atom. The molecule has 0 N–H and O–H groups in total. The van der Waals surface area contributed by atoms with Crippen molar-refractivity contribution in [2.24, 2.45) is 0 Å². The van der Waals surface area contributed by atoms with E-state index in [1.165, 1.54) is 0 Å². The monoisotopic (exact) mass is 243 g/mol. The smallest absolute Gasteiger partial charge is 0.333 e. The number of alkyl halides is 2. The fraction of sp³-hybridized carbons (Fsp3) is 0.333. The highest BCUT2D eigenvalue weighted by molar-refractivity contribution is 5.51. The van der Waals surface area contributed by atoms with Gasteiger partial charge in [-0.2, -0.15) is 5.26 Å². The summed E-state index contributed by atoms with van der Waals surface area (Å²) in [5.74, 6) is -0.328. The molecule has 0 radical (unpaired) electrons. The van der Waals surface area contributed by atoms with Crippen molar-refractivity contribution in [3.63, 3.8) is 0 Å². The second-order valence-corrected chi connectivity index (χ2v) is 2.94. The van der Waals surface area contributed by atoms with Crippen LogP contribution < -0.4 is 4.74 Å². The van der Waals surface area contributed by atoms with Gasteiger partial charge in [0.1, 0.15) is 11.4 Å². The van der Waals surface area contributed by atoms with E-state index in [0.29, 0.717) is 0 Å². The van der Waals surface area contributed by atoms with Crippen LogP contribution in [0.4, 0.5) is 14.5 Å². The fourth-order valence-electron chi connectivity index (χ4n) is 1.25. The fourth-order valence-corrected chi connectivity index (χ4v) is 1.25. The number of nitro groups is 1. The van der Waals surface area contributed by atoms with Crippen molar-refractivity contribution in [3.05, 3.63) is 27.6 Å². The van der Waals surface area contributed by atoms with Gasteiger partial charge in [0.05, 0.1) is 24.5 Å². The number of rotatable bonds is 4. The molecule has 0 saturated heterocycles. The quantitative estimate of drug-likeness (QED) is 0.596. The summed E-state index contributed by atoms with van der Waals surface area (Å²) in [4.78, 5) is 13.3. The molecule has 0 unspecified atom stereocenters. The molecule has 17 heavy (non-hydrogen) atoms. The molecule has 0 spiro atoms. The number of ether oxygens (including phenoxy) is 1. The number of nitriles is 1. The predicted octanol–water partition coefficient (Wildman–Crippen LogP) is 2.00. The van der Waals surface area contributed by atoms with E-state index in [1.54, 1.807) is 6.07 Å². The summed E-state index contributed by atoms with van der Waals surface area (Å²) >= 11 is 0. The molecule has 0 aliphatic heterocycles. The Morgan fingerprint density at radius 2 is 2.35 bits per heavy atom. The lowest BCUT2D eigenvalue weighted by molar-refractivity contribution is -0.386. The van der Waals surface area contributed by atoms with Crippen molar-refractivity contribution in [3.8, 4) is 11.8 Å². The lowest BCUT2D eigenvalue weighted by Gasteiger charge is -2.07. The molecule has 0 fully saturated rings. The van der Waals surface area contributed by atoms with Crippen LogP contribution in [0.1, 0.15) is 17.8 Å². The summed E-state index contributed by atoms with van der Waals surface area (Å²) in [7, 11) is 1.12. The lowest BCUT2D eigenvalue weighted by atomic mass is 10.2. The number of methoxy groups -OCH3 is 1. The number of hydrogen-bond donors (Lipinski definition) is 0. The van der Waals surface area contributed by atoms with E-state index in [0.717, 1.165) is 13.2 Å². The van der Waals surface area contributed by atoms with Crippen LogP contribution in [0.25, 0.3) is 0 Å². The van der Waals surface area contributed by atoms with Gasteiger partial charge in [0.15, 0.2) is 0 Å². The average Bonchev–Trinajstić information content (AvgIpc) is 2.27. The van der Waals surface area contributed by atoms with Crippen molar-refractivity contribution in [2.75, 3.05) is 7.11 Å². The highest BCUT2D eigenvalue weighted by atomic mass is 19.3. The minimum atomic E-state index is -2.89. The van der Waals surface area contributed by atoms with Crippen molar-refractivity contribution in [1.82, 2.24) is 4.98 Å². The first-order valence-electron chi connectivity index (χ1n) is 4.38. The van der Waals surface area contributed by atoms with E-state index < -0.39 is 29.2 Å². The molecule has 0 aliphatic rings. The van der Waals surface area contributed by atoms with Crippen LogP contribution in [0.3, 0.4) is 0 Å². The summed E-state index contributed by atoms with van der Waals surface area (Å²) in [6.45, 7) is 0. The van der Waals surface area contributed by atoms with Gasteiger partial charge in [-0.05, 0) is 0 Å².